The average Bonchev–Trinajstić information content (AvgIpc) is 3.20. The second-order valence-corrected chi connectivity index (χ2v) is 8.59. The molecule has 1 heterocycles. The third kappa shape index (κ3) is 5.50. The number of methoxy groups -OCH3 is 1. The monoisotopic (exact) mass is 448 g/mol. The van der Waals surface area contributed by atoms with E-state index in [9.17, 15) is 13.2 Å². The van der Waals surface area contributed by atoms with Gasteiger partial charge in [0.25, 0.3) is 15.9 Å². The summed E-state index contributed by atoms with van der Waals surface area (Å²) in [5.74, 6) is 0.263. The highest BCUT2D eigenvalue weighted by atomic mass is 32.2. The number of thiocarbonyl (C=S) groups is 1. The van der Waals surface area contributed by atoms with Gasteiger partial charge >= 0.3 is 0 Å². The standard InChI is InChI=1S/C18H16N4O4S3/c1-26-14-6-2-12(3-7-14)16(23)21-17(27)20-13-4-8-15(9-5-13)29(24,25)22-18-19-10-11-28-18/h2-11H,1H3,(H,19,22)(H2,20,21,23,27). The quantitative estimate of drug-likeness (QED) is 0.497. The maximum atomic E-state index is 12.3. The van der Waals surface area contributed by atoms with Gasteiger partial charge in [-0.2, -0.15) is 0 Å². The van der Waals surface area contributed by atoms with Crippen LogP contribution in [0.3, 0.4) is 0 Å². The summed E-state index contributed by atoms with van der Waals surface area (Å²) < 4.78 is 32.1. The second-order valence-electron chi connectivity index (χ2n) is 5.60. The van der Waals surface area contributed by atoms with Crippen molar-refractivity contribution in [2.45, 2.75) is 4.90 Å². The molecule has 0 radical (unpaired) electrons. The van der Waals surface area contributed by atoms with Crippen LogP contribution in [0.15, 0.2) is 65.0 Å². The summed E-state index contributed by atoms with van der Waals surface area (Å²) in [6, 6.07) is 12.5. The zero-order valence-electron chi connectivity index (χ0n) is 15.1. The number of thiazole rings is 1. The summed E-state index contributed by atoms with van der Waals surface area (Å²) in [4.78, 5) is 16.2. The fourth-order valence-corrected chi connectivity index (χ4v) is 4.24. The van der Waals surface area contributed by atoms with E-state index < -0.39 is 10.0 Å². The van der Waals surface area contributed by atoms with E-state index in [2.05, 4.69) is 20.3 Å². The lowest BCUT2D eigenvalue weighted by atomic mass is 10.2. The number of nitrogens with zero attached hydrogens (tertiary/aromatic N) is 1. The first-order valence-corrected chi connectivity index (χ1v) is 10.9. The minimum Gasteiger partial charge on any atom is -0.497 e. The van der Waals surface area contributed by atoms with E-state index in [1.807, 2.05) is 0 Å². The number of carbonyl (C=O) groups excluding carboxylic acids is 1. The molecule has 1 amide bonds. The van der Waals surface area contributed by atoms with Crippen molar-refractivity contribution in [1.82, 2.24) is 10.3 Å². The lowest BCUT2D eigenvalue weighted by molar-refractivity contribution is 0.0977. The number of ether oxygens (including phenoxy) is 1. The topological polar surface area (TPSA) is 109 Å². The molecule has 11 heteroatoms. The molecule has 0 aliphatic rings. The van der Waals surface area contributed by atoms with Crippen LogP contribution in [0.1, 0.15) is 10.4 Å². The molecule has 0 saturated carbocycles. The van der Waals surface area contributed by atoms with Crippen molar-refractivity contribution in [2.75, 3.05) is 17.1 Å². The Bertz CT molecular complexity index is 1100. The van der Waals surface area contributed by atoms with Gasteiger partial charge in [0.05, 0.1) is 12.0 Å². The molecular formula is C18H16N4O4S3. The molecule has 0 bridgehead atoms. The van der Waals surface area contributed by atoms with E-state index in [1.165, 1.54) is 29.7 Å². The minimum absolute atomic E-state index is 0.0754. The van der Waals surface area contributed by atoms with Crippen LogP contribution in [0.4, 0.5) is 10.8 Å². The number of amides is 1. The molecule has 29 heavy (non-hydrogen) atoms. The number of sulfonamides is 1. The molecule has 0 saturated heterocycles. The summed E-state index contributed by atoms with van der Waals surface area (Å²) in [5, 5.41) is 7.44. The first-order chi connectivity index (χ1) is 13.9. The number of nitrogens with one attached hydrogen (secondary N) is 3. The minimum atomic E-state index is -3.73. The van der Waals surface area contributed by atoms with Crippen molar-refractivity contribution < 1.29 is 17.9 Å². The Kier molecular flexibility index (Phi) is 6.42. The molecule has 0 spiro atoms. The molecule has 1 aromatic heterocycles. The Labute approximate surface area is 177 Å². The smallest absolute Gasteiger partial charge is 0.263 e. The predicted molar refractivity (Wildman–Crippen MR) is 116 cm³/mol. The number of hydrogen-bond acceptors (Lipinski definition) is 7. The number of benzene rings is 2. The van der Waals surface area contributed by atoms with Gasteiger partial charge < -0.3 is 10.1 Å². The number of carbonyl (C=O) groups is 1. The number of rotatable bonds is 6. The highest BCUT2D eigenvalue weighted by molar-refractivity contribution is 7.93. The van der Waals surface area contributed by atoms with Gasteiger partial charge in [-0.15, -0.1) is 11.3 Å². The molecule has 3 rings (SSSR count). The molecule has 0 unspecified atom stereocenters. The average molecular weight is 449 g/mol. The van der Waals surface area contributed by atoms with Gasteiger partial charge in [0, 0.05) is 22.8 Å². The van der Waals surface area contributed by atoms with E-state index in [0.717, 1.165) is 0 Å². The highest BCUT2D eigenvalue weighted by Crippen LogP contribution is 2.19. The van der Waals surface area contributed by atoms with Crippen molar-refractivity contribution in [3.05, 3.63) is 65.7 Å². The zero-order valence-corrected chi connectivity index (χ0v) is 17.5. The molecule has 150 valence electrons. The maximum Gasteiger partial charge on any atom is 0.263 e. The van der Waals surface area contributed by atoms with Gasteiger partial charge in [0.15, 0.2) is 10.2 Å². The van der Waals surface area contributed by atoms with Gasteiger partial charge in [-0.3, -0.25) is 14.8 Å². The molecule has 0 aliphatic heterocycles. The summed E-state index contributed by atoms with van der Waals surface area (Å²) >= 11 is 6.32. The third-order valence-electron chi connectivity index (χ3n) is 3.66. The molecule has 0 aliphatic carbocycles. The largest absolute Gasteiger partial charge is 0.497 e. The molecule has 0 fully saturated rings. The van der Waals surface area contributed by atoms with Crippen molar-refractivity contribution >= 4 is 55.4 Å². The van der Waals surface area contributed by atoms with E-state index in [-0.39, 0.29) is 21.0 Å². The normalized spacial score (nSPS) is 10.8. The highest BCUT2D eigenvalue weighted by Gasteiger charge is 2.15. The second kappa shape index (κ2) is 8.99. The first kappa shape index (κ1) is 20.7. The Morgan fingerprint density at radius 2 is 1.79 bits per heavy atom. The van der Waals surface area contributed by atoms with Crippen molar-refractivity contribution in [1.29, 1.82) is 0 Å². The van der Waals surface area contributed by atoms with Crippen molar-refractivity contribution in [3.8, 4) is 5.75 Å². The Balaban J connectivity index is 1.60. The zero-order chi connectivity index (χ0) is 20.9. The lowest BCUT2D eigenvalue weighted by Gasteiger charge is -2.11. The fraction of sp³-hybridized carbons (Fsp3) is 0.0556. The van der Waals surface area contributed by atoms with Gasteiger partial charge in [-0.1, -0.05) is 0 Å². The molecule has 0 atom stereocenters. The van der Waals surface area contributed by atoms with Crippen LogP contribution in [0.2, 0.25) is 0 Å². The van der Waals surface area contributed by atoms with E-state index in [0.29, 0.717) is 17.0 Å². The molecule has 3 N–H and O–H groups in total. The molecular weight excluding hydrogens is 432 g/mol. The third-order valence-corrected chi connectivity index (χ3v) is 6.03. The Hall–Kier alpha value is -3.02. The lowest BCUT2D eigenvalue weighted by Crippen LogP contribution is -2.34. The first-order valence-electron chi connectivity index (χ1n) is 8.16. The Morgan fingerprint density at radius 3 is 2.38 bits per heavy atom. The number of aromatic nitrogens is 1. The van der Waals surface area contributed by atoms with E-state index >= 15 is 0 Å². The van der Waals surface area contributed by atoms with Crippen LogP contribution in [0.25, 0.3) is 0 Å². The van der Waals surface area contributed by atoms with Crippen LogP contribution in [-0.2, 0) is 10.0 Å². The number of hydrogen-bond donors (Lipinski definition) is 3. The Morgan fingerprint density at radius 1 is 1.10 bits per heavy atom. The van der Waals surface area contributed by atoms with Crippen LogP contribution in [0.5, 0.6) is 5.75 Å². The van der Waals surface area contributed by atoms with Crippen LogP contribution in [0, 0.1) is 0 Å². The molecule has 3 aromatic rings. The maximum absolute atomic E-state index is 12.3. The number of anilines is 2. The summed E-state index contributed by atoms with van der Waals surface area (Å²) in [5.41, 5.74) is 0.947. The van der Waals surface area contributed by atoms with Gasteiger partial charge in [-0.05, 0) is 60.7 Å². The van der Waals surface area contributed by atoms with Gasteiger partial charge in [-0.25, -0.2) is 13.4 Å². The van der Waals surface area contributed by atoms with Crippen LogP contribution in [-0.4, -0.2) is 31.5 Å². The molecule has 2 aromatic carbocycles. The van der Waals surface area contributed by atoms with Gasteiger partial charge in [0.1, 0.15) is 5.75 Å². The molecule has 8 nitrogen and oxygen atoms in total. The van der Waals surface area contributed by atoms with Crippen molar-refractivity contribution in [3.63, 3.8) is 0 Å². The predicted octanol–water partition coefficient (Wildman–Crippen LogP) is 3.08. The van der Waals surface area contributed by atoms with E-state index in [1.54, 1.807) is 48.9 Å². The van der Waals surface area contributed by atoms with E-state index in [4.69, 9.17) is 17.0 Å². The summed E-state index contributed by atoms with van der Waals surface area (Å²) in [6.07, 6.45) is 1.51. The van der Waals surface area contributed by atoms with Crippen LogP contribution >= 0.6 is 23.6 Å². The SMILES string of the molecule is COc1ccc(C(=O)NC(=S)Nc2ccc(S(=O)(=O)Nc3nccs3)cc2)cc1. The summed E-state index contributed by atoms with van der Waals surface area (Å²) in [6.45, 7) is 0. The van der Waals surface area contributed by atoms with Crippen LogP contribution < -0.4 is 20.1 Å². The van der Waals surface area contributed by atoms with Crippen molar-refractivity contribution in [2.24, 2.45) is 0 Å². The summed E-state index contributed by atoms with van der Waals surface area (Å²) in [7, 11) is -2.19. The fourth-order valence-electron chi connectivity index (χ4n) is 2.25. The van der Waals surface area contributed by atoms with Gasteiger partial charge in [0.2, 0.25) is 0 Å².